The minimum absolute atomic E-state index is 0.0832. The summed E-state index contributed by atoms with van der Waals surface area (Å²) in [7, 11) is 1.72. The Balaban J connectivity index is 2.83. The Labute approximate surface area is 91.5 Å². The van der Waals surface area contributed by atoms with Gasteiger partial charge in [0.05, 0.1) is 0 Å². The van der Waals surface area contributed by atoms with E-state index < -0.39 is 4.92 Å². The topological polar surface area (TPSA) is 81.2 Å². The zero-order valence-electron chi connectivity index (χ0n) is 8.58. The third-order valence-electron chi connectivity index (χ3n) is 1.89. The van der Waals surface area contributed by atoms with E-state index in [1.165, 1.54) is 18.1 Å². The van der Waals surface area contributed by atoms with Gasteiger partial charge in [-0.25, -0.2) is 0 Å². The first-order chi connectivity index (χ1) is 7.06. The van der Waals surface area contributed by atoms with Crippen LogP contribution in [0.25, 0.3) is 0 Å². The molecule has 1 unspecified atom stereocenters. The summed E-state index contributed by atoms with van der Waals surface area (Å²) in [6, 6.07) is 0. The van der Waals surface area contributed by atoms with Crippen LogP contribution in [0.4, 0.5) is 5.82 Å². The number of aliphatic hydroxyl groups excluding tert-OH is 1. The van der Waals surface area contributed by atoms with E-state index in [0.29, 0.717) is 11.4 Å². The molecular formula is C8H13N3O3S. The van der Waals surface area contributed by atoms with Crippen molar-refractivity contribution in [1.29, 1.82) is 0 Å². The highest BCUT2D eigenvalue weighted by Crippen LogP contribution is 2.31. The van der Waals surface area contributed by atoms with Gasteiger partial charge in [-0.1, -0.05) is 18.7 Å². The quantitative estimate of drug-likeness (QED) is 0.467. The summed E-state index contributed by atoms with van der Waals surface area (Å²) >= 11 is 1.36. The monoisotopic (exact) mass is 231 g/mol. The minimum Gasteiger partial charge on any atom is -0.396 e. The minimum atomic E-state index is -0.492. The summed E-state index contributed by atoms with van der Waals surface area (Å²) in [5, 5.41) is 20.0. The Morgan fingerprint density at radius 2 is 2.47 bits per heavy atom. The third-order valence-corrected chi connectivity index (χ3v) is 3.22. The lowest BCUT2D eigenvalue weighted by Crippen LogP contribution is -2.02. The van der Waals surface area contributed by atoms with Crippen molar-refractivity contribution in [3.63, 3.8) is 0 Å². The lowest BCUT2D eigenvalue weighted by Gasteiger charge is -2.08. The van der Waals surface area contributed by atoms with Gasteiger partial charge >= 0.3 is 5.82 Å². The molecule has 0 aromatic carbocycles. The van der Waals surface area contributed by atoms with E-state index in [0.717, 1.165) is 0 Å². The number of nitrogens with zero attached hydrogens (tertiary/aromatic N) is 3. The van der Waals surface area contributed by atoms with Crippen LogP contribution in [0.2, 0.25) is 0 Å². The molecule has 0 fully saturated rings. The zero-order chi connectivity index (χ0) is 11.4. The number of imidazole rings is 1. The molecule has 1 N–H and O–H groups in total. The van der Waals surface area contributed by atoms with E-state index in [4.69, 9.17) is 5.11 Å². The molecule has 15 heavy (non-hydrogen) atoms. The van der Waals surface area contributed by atoms with Crippen LogP contribution in [0.3, 0.4) is 0 Å². The molecule has 0 aliphatic heterocycles. The van der Waals surface area contributed by atoms with Gasteiger partial charge in [0.1, 0.15) is 0 Å². The largest absolute Gasteiger partial charge is 0.396 e. The van der Waals surface area contributed by atoms with E-state index in [9.17, 15) is 10.1 Å². The smallest absolute Gasteiger partial charge is 0.395 e. The summed E-state index contributed by atoms with van der Waals surface area (Å²) in [4.78, 5) is 13.9. The Morgan fingerprint density at radius 3 is 3.00 bits per heavy atom. The number of hydrogen-bond donors (Lipinski definition) is 1. The van der Waals surface area contributed by atoms with Crippen LogP contribution in [-0.4, -0.2) is 31.4 Å². The van der Waals surface area contributed by atoms with Gasteiger partial charge < -0.3 is 19.8 Å². The van der Waals surface area contributed by atoms with Crippen LogP contribution in [0.1, 0.15) is 13.3 Å². The summed E-state index contributed by atoms with van der Waals surface area (Å²) in [5.74, 6) is -0.118. The average molecular weight is 231 g/mol. The van der Waals surface area contributed by atoms with Crippen molar-refractivity contribution in [2.75, 3.05) is 6.61 Å². The highest BCUT2D eigenvalue weighted by molar-refractivity contribution is 8.00. The normalized spacial score (nSPS) is 12.7. The molecule has 0 bridgehead atoms. The molecule has 0 amide bonds. The molecule has 84 valence electrons. The van der Waals surface area contributed by atoms with Gasteiger partial charge in [-0.05, 0) is 16.3 Å². The molecule has 0 saturated carbocycles. The lowest BCUT2D eigenvalue weighted by atomic mass is 10.3. The third kappa shape index (κ3) is 2.93. The maximum atomic E-state index is 10.6. The number of aromatic nitrogens is 2. The molecule has 0 radical (unpaired) electrons. The van der Waals surface area contributed by atoms with Crippen molar-refractivity contribution in [1.82, 2.24) is 9.55 Å². The Kier molecular flexibility index (Phi) is 4.10. The fourth-order valence-electron chi connectivity index (χ4n) is 1.10. The predicted octanol–water partition coefficient (Wildman–Crippen LogP) is 1.19. The molecule has 1 aromatic rings. The molecular weight excluding hydrogens is 218 g/mol. The first kappa shape index (κ1) is 12.0. The van der Waals surface area contributed by atoms with Crippen molar-refractivity contribution >= 4 is 17.6 Å². The molecule has 0 aliphatic rings. The van der Waals surface area contributed by atoms with Crippen LogP contribution in [0.15, 0.2) is 11.4 Å². The SMILES string of the molecule is CC(CCO)Sc1c([N+](=O)[O-])ncn1C. The number of rotatable bonds is 5. The summed E-state index contributed by atoms with van der Waals surface area (Å²) < 4.78 is 1.62. The first-order valence-corrected chi connectivity index (χ1v) is 5.37. The fraction of sp³-hybridized carbons (Fsp3) is 0.625. The van der Waals surface area contributed by atoms with E-state index in [1.54, 1.807) is 11.6 Å². The predicted molar refractivity (Wildman–Crippen MR) is 56.9 cm³/mol. The van der Waals surface area contributed by atoms with Crippen molar-refractivity contribution in [3.05, 3.63) is 16.4 Å². The highest BCUT2D eigenvalue weighted by Gasteiger charge is 2.22. The second-order valence-corrected chi connectivity index (χ2v) is 4.61. The van der Waals surface area contributed by atoms with Crippen molar-refractivity contribution in [2.45, 2.75) is 23.6 Å². The first-order valence-electron chi connectivity index (χ1n) is 4.49. The van der Waals surface area contributed by atoms with Gasteiger partial charge in [0.2, 0.25) is 6.33 Å². The van der Waals surface area contributed by atoms with Crippen LogP contribution in [0, 0.1) is 10.1 Å². The molecule has 6 nitrogen and oxygen atoms in total. The van der Waals surface area contributed by atoms with E-state index in [-0.39, 0.29) is 17.7 Å². The van der Waals surface area contributed by atoms with Gasteiger partial charge in [-0.15, -0.1) is 0 Å². The molecule has 7 heteroatoms. The zero-order valence-corrected chi connectivity index (χ0v) is 9.40. The van der Waals surface area contributed by atoms with Crippen molar-refractivity contribution in [3.8, 4) is 0 Å². The maximum Gasteiger partial charge on any atom is 0.395 e. The number of aryl methyl sites for hydroxylation is 1. The average Bonchev–Trinajstić information content (AvgIpc) is 2.48. The van der Waals surface area contributed by atoms with Gasteiger partial charge in [0.15, 0.2) is 5.03 Å². The number of thioether (sulfide) groups is 1. The van der Waals surface area contributed by atoms with Gasteiger partial charge in [-0.3, -0.25) is 0 Å². The summed E-state index contributed by atoms with van der Waals surface area (Å²) in [6.45, 7) is 2.00. The summed E-state index contributed by atoms with van der Waals surface area (Å²) in [6.07, 6.45) is 2.03. The van der Waals surface area contributed by atoms with Crippen molar-refractivity contribution in [2.24, 2.45) is 7.05 Å². The fourth-order valence-corrected chi connectivity index (χ4v) is 2.15. The van der Waals surface area contributed by atoms with E-state index in [1.807, 2.05) is 6.92 Å². The van der Waals surface area contributed by atoms with Gasteiger partial charge in [-0.2, -0.15) is 0 Å². The number of aliphatic hydroxyl groups is 1. The molecule has 0 saturated heterocycles. The summed E-state index contributed by atoms with van der Waals surface area (Å²) in [5.41, 5.74) is 0. The van der Waals surface area contributed by atoms with Gasteiger partial charge in [0.25, 0.3) is 0 Å². The maximum absolute atomic E-state index is 10.6. The molecule has 1 heterocycles. The lowest BCUT2D eigenvalue weighted by molar-refractivity contribution is -0.392. The Hall–Kier alpha value is -1.08. The second kappa shape index (κ2) is 5.13. The molecule has 0 aliphatic carbocycles. The van der Waals surface area contributed by atoms with Crippen LogP contribution < -0.4 is 0 Å². The number of hydrogen-bond acceptors (Lipinski definition) is 5. The molecule has 1 rings (SSSR count). The van der Waals surface area contributed by atoms with Crippen LogP contribution >= 0.6 is 11.8 Å². The molecule has 1 aromatic heterocycles. The van der Waals surface area contributed by atoms with Crippen LogP contribution in [0.5, 0.6) is 0 Å². The van der Waals surface area contributed by atoms with Crippen molar-refractivity contribution < 1.29 is 10.0 Å². The molecule has 0 spiro atoms. The van der Waals surface area contributed by atoms with Gasteiger partial charge in [0, 0.05) is 18.9 Å². The number of nitro groups is 1. The van der Waals surface area contributed by atoms with Crippen LogP contribution in [-0.2, 0) is 7.05 Å². The highest BCUT2D eigenvalue weighted by atomic mass is 32.2. The second-order valence-electron chi connectivity index (χ2n) is 3.18. The van der Waals surface area contributed by atoms with E-state index >= 15 is 0 Å². The molecule has 1 atom stereocenters. The standard InChI is InChI=1S/C8H13N3O3S/c1-6(3-4-12)15-8-7(11(13)14)9-5-10(8)2/h5-6,12H,3-4H2,1-2H3. The van der Waals surface area contributed by atoms with E-state index in [2.05, 4.69) is 4.98 Å². The Bertz CT molecular complexity index is 353. The Morgan fingerprint density at radius 1 is 1.80 bits per heavy atom.